The van der Waals surface area contributed by atoms with Crippen LogP contribution in [0.3, 0.4) is 0 Å². The van der Waals surface area contributed by atoms with Crippen molar-refractivity contribution < 1.29 is 9.90 Å². The van der Waals surface area contributed by atoms with Crippen LogP contribution in [0.4, 0.5) is 0 Å². The maximum absolute atomic E-state index is 10.1. The van der Waals surface area contributed by atoms with Crippen LogP contribution >= 0.6 is 0 Å². The van der Waals surface area contributed by atoms with Gasteiger partial charge in [0.05, 0.1) is 6.42 Å². The number of rotatable bonds is 6. The Bertz CT molecular complexity index is 150. The fraction of sp³-hybridized carbons (Fsp3) is 0.700. The fourth-order valence-corrected chi connectivity index (χ4v) is 1.02. The van der Waals surface area contributed by atoms with Gasteiger partial charge in [-0.15, -0.1) is 0 Å². The van der Waals surface area contributed by atoms with E-state index in [9.17, 15) is 4.79 Å². The van der Waals surface area contributed by atoms with E-state index in [4.69, 9.17) is 5.11 Å². The van der Waals surface area contributed by atoms with Crippen LogP contribution in [0, 0.1) is 5.92 Å². The van der Waals surface area contributed by atoms with Crippen molar-refractivity contribution in [2.75, 3.05) is 0 Å². The predicted octanol–water partition coefficient (Wildman–Crippen LogP) is 2.84. The van der Waals surface area contributed by atoms with Gasteiger partial charge in [0.15, 0.2) is 0 Å². The fourth-order valence-electron chi connectivity index (χ4n) is 1.02. The summed E-state index contributed by atoms with van der Waals surface area (Å²) in [5, 5.41) is 8.35. The molecule has 70 valence electrons. The van der Waals surface area contributed by atoms with Crippen LogP contribution in [0.2, 0.25) is 0 Å². The molecule has 0 unspecified atom stereocenters. The van der Waals surface area contributed by atoms with Gasteiger partial charge in [-0.1, -0.05) is 38.8 Å². The van der Waals surface area contributed by atoms with Gasteiger partial charge in [-0.2, -0.15) is 0 Å². The van der Waals surface area contributed by atoms with Crippen LogP contribution in [-0.2, 0) is 4.79 Å². The highest BCUT2D eigenvalue weighted by Crippen LogP contribution is 2.08. The number of carboxylic acid groups (broad SMARTS) is 1. The summed E-state index contributed by atoms with van der Waals surface area (Å²) in [6, 6.07) is 0. The number of carbonyl (C=O) groups is 1. The molecule has 0 aromatic carbocycles. The quantitative estimate of drug-likeness (QED) is 0.622. The van der Waals surface area contributed by atoms with Gasteiger partial charge in [-0.25, -0.2) is 0 Å². The lowest BCUT2D eigenvalue weighted by molar-refractivity contribution is -0.136. The topological polar surface area (TPSA) is 37.3 Å². The van der Waals surface area contributed by atoms with Crippen molar-refractivity contribution in [3.8, 4) is 0 Å². The molecule has 0 saturated heterocycles. The standard InChI is InChI=1S/C10H18O2/c1-3-4-6-9(2)7-5-8-10(11)12/h5,7,9H,3-4,6,8H2,1-2H3,(H,11,12)/b7-5+/t9-/m1/s1. The van der Waals surface area contributed by atoms with Crippen molar-refractivity contribution >= 4 is 5.97 Å². The summed E-state index contributed by atoms with van der Waals surface area (Å²) >= 11 is 0. The number of aliphatic carboxylic acids is 1. The molecular formula is C10H18O2. The van der Waals surface area contributed by atoms with Crippen LogP contribution < -0.4 is 0 Å². The van der Waals surface area contributed by atoms with Crippen LogP contribution in [0.1, 0.15) is 39.5 Å². The van der Waals surface area contributed by atoms with Crippen molar-refractivity contribution in [1.82, 2.24) is 0 Å². The van der Waals surface area contributed by atoms with E-state index in [1.54, 1.807) is 6.08 Å². The lowest BCUT2D eigenvalue weighted by Gasteiger charge is -2.02. The molecule has 0 saturated carbocycles. The maximum atomic E-state index is 10.1. The molecule has 0 heterocycles. The van der Waals surface area contributed by atoms with Gasteiger partial charge >= 0.3 is 5.97 Å². The van der Waals surface area contributed by atoms with E-state index in [1.165, 1.54) is 12.8 Å². The van der Waals surface area contributed by atoms with Gasteiger partial charge in [0.25, 0.3) is 0 Å². The number of hydrogen-bond donors (Lipinski definition) is 1. The van der Waals surface area contributed by atoms with Gasteiger partial charge in [-0.05, 0) is 12.3 Å². The molecule has 2 heteroatoms. The van der Waals surface area contributed by atoms with Crippen LogP contribution in [0.25, 0.3) is 0 Å². The van der Waals surface area contributed by atoms with E-state index in [0.29, 0.717) is 5.92 Å². The highest BCUT2D eigenvalue weighted by atomic mass is 16.4. The van der Waals surface area contributed by atoms with E-state index in [-0.39, 0.29) is 6.42 Å². The zero-order chi connectivity index (χ0) is 9.40. The molecule has 0 bridgehead atoms. The summed E-state index contributed by atoms with van der Waals surface area (Å²) < 4.78 is 0. The summed E-state index contributed by atoms with van der Waals surface area (Å²) in [4.78, 5) is 10.1. The minimum Gasteiger partial charge on any atom is -0.481 e. The van der Waals surface area contributed by atoms with E-state index >= 15 is 0 Å². The highest BCUT2D eigenvalue weighted by molar-refractivity contribution is 5.68. The van der Waals surface area contributed by atoms with Crippen molar-refractivity contribution in [3.63, 3.8) is 0 Å². The number of hydrogen-bond acceptors (Lipinski definition) is 1. The molecule has 1 atom stereocenters. The zero-order valence-electron chi connectivity index (χ0n) is 7.92. The largest absolute Gasteiger partial charge is 0.481 e. The molecule has 0 amide bonds. The second-order valence-electron chi connectivity index (χ2n) is 3.15. The van der Waals surface area contributed by atoms with Crippen LogP contribution in [-0.4, -0.2) is 11.1 Å². The third kappa shape index (κ3) is 7.32. The SMILES string of the molecule is CCCC[C@@H](C)/C=C/CC(=O)O. The molecule has 2 nitrogen and oxygen atoms in total. The molecule has 0 aliphatic heterocycles. The molecular weight excluding hydrogens is 152 g/mol. The Morgan fingerprint density at radius 2 is 2.25 bits per heavy atom. The van der Waals surface area contributed by atoms with Crippen molar-refractivity contribution in [3.05, 3.63) is 12.2 Å². The molecule has 0 aromatic rings. The highest BCUT2D eigenvalue weighted by Gasteiger charge is 1.96. The third-order valence-electron chi connectivity index (χ3n) is 1.77. The Kier molecular flexibility index (Phi) is 6.44. The average Bonchev–Trinajstić information content (AvgIpc) is 2.00. The molecule has 0 fully saturated rings. The molecule has 0 radical (unpaired) electrons. The first-order valence-corrected chi connectivity index (χ1v) is 4.55. The molecule has 0 aliphatic rings. The Hall–Kier alpha value is -0.790. The summed E-state index contributed by atoms with van der Waals surface area (Å²) in [6.45, 7) is 4.28. The minimum atomic E-state index is -0.756. The zero-order valence-corrected chi connectivity index (χ0v) is 7.92. The smallest absolute Gasteiger partial charge is 0.307 e. The lowest BCUT2D eigenvalue weighted by atomic mass is 10.0. The second-order valence-corrected chi connectivity index (χ2v) is 3.15. The average molecular weight is 170 g/mol. The molecule has 0 spiro atoms. The monoisotopic (exact) mass is 170 g/mol. The molecule has 0 aromatic heterocycles. The molecule has 0 rings (SSSR count). The minimum absolute atomic E-state index is 0.149. The first-order valence-electron chi connectivity index (χ1n) is 4.55. The number of carboxylic acids is 1. The normalized spacial score (nSPS) is 13.5. The first kappa shape index (κ1) is 11.2. The van der Waals surface area contributed by atoms with Gasteiger partial charge in [0, 0.05) is 0 Å². The van der Waals surface area contributed by atoms with E-state index in [2.05, 4.69) is 13.8 Å². The lowest BCUT2D eigenvalue weighted by Crippen LogP contribution is -1.92. The third-order valence-corrected chi connectivity index (χ3v) is 1.77. The maximum Gasteiger partial charge on any atom is 0.307 e. The molecule has 1 N–H and O–H groups in total. The summed E-state index contributed by atoms with van der Waals surface area (Å²) in [6.07, 6.45) is 7.46. The summed E-state index contributed by atoms with van der Waals surface area (Å²) in [5.74, 6) is -0.238. The van der Waals surface area contributed by atoms with E-state index in [1.807, 2.05) is 6.08 Å². The van der Waals surface area contributed by atoms with E-state index in [0.717, 1.165) is 6.42 Å². The summed E-state index contributed by atoms with van der Waals surface area (Å²) in [5.41, 5.74) is 0. The number of unbranched alkanes of at least 4 members (excludes halogenated alkanes) is 1. The van der Waals surface area contributed by atoms with Crippen molar-refractivity contribution in [2.45, 2.75) is 39.5 Å². The molecule has 0 aliphatic carbocycles. The molecule has 12 heavy (non-hydrogen) atoms. The Morgan fingerprint density at radius 3 is 2.75 bits per heavy atom. The predicted molar refractivity (Wildman–Crippen MR) is 50.1 cm³/mol. The van der Waals surface area contributed by atoms with Crippen molar-refractivity contribution in [1.29, 1.82) is 0 Å². The Morgan fingerprint density at radius 1 is 1.58 bits per heavy atom. The van der Waals surface area contributed by atoms with Crippen molar-refractivity contribution in [2.24, 2.45) is 5.92 Å². The van der Waals surface area contributed by atoms with Gasteiger partial charge < -0.3 is 5.11 Å². The first-order chi connectivity index (χ1) is 5.66. The van der Waals surface area contributed by atoms with Gasteiger partial charge in [0.2, 0.25) is 0 Å². The van der Waals surface area contributed by atoms with Crippen LogP contribution in [0.5, 0.6) is 0 Å². The van der Waals surface area contributed by atoms with E-state index < -0.39 is 5.97 Å². The Balaban J connectivity index is 3.46. The van der Waals surface area contributed by atoms with Gasteiger partial charge in [-0.3, -0.25) is 4.79 Å². The van der Waals surface area contributed by atoms with Crippen LogP contribution in [0.15, 0.2) is 12.2 Å². The Labute approximate surface area is 74.3 Å². The van der Waals surface area contributed by atoms with Gasteiger partial charge in [0.1, 0.15) is 0 Å². The number of allylic oxidation sites excluding steroid dienone is 1. The summed E-state index contributed by atoms with van der Waals surface area (Å²) in [7, 11) is 0. The second kappa shape index (κ2) is 6.89.